The van der Waals surface area contributed by atoms with Crippen molar-refractivity contribution in [2.24, 2.45) is 5.41 Å². The van der Waals surface area contributed by atoms with Crippen LogP contribution in [0.4, 0.5) is 24.9 Å². The number of nitrogens with zero attached hydrogens (tertiary/aromatic N) is 3. The topological polar surface area (TPSA) is 114 Å². The van der Waals surface area contributed by atoms with Gasteiger partial charge in [-0.05, 0) is 54.9 Å². The fourth-order valence-electron chi connectivity index (χ4n) is 5.58. The summed E-state index contributed by atoms with van der Waals surface area (Å²) in [7, 11) is 0. The van der Waals surface area contributed by atoms with E-state index in [1.165, 1.54) is 24.3 Å². The van der Waals surface area contributed by atoms with Crippen LogP contribution >= 0.6 is 11.6 Å². The molecule has 40 heavy (non-hydrogen) atoms. The molecule has 2 aliphatic rings. The van der Waals surface area contributed by atoms with Crippen molar-refractivity contribution in [2.75, 3.05) is 30.3 Å². The zero-order chi connectivity index (χ0) is 28.7. The van der Waals surface area contributed by atoms with Crippen molar-refractivity contribution >= 4 is 29.3 Å². The molecule has 5 rings (SSSR count). The Balaban J connectivity index is 1.41. The lowest BCUT2D eigenvalue weighted by molar-refractivity contribution is -0.198. The minimum Gasteiger partial charge on any atom is -0.480 e. The van der Waals surface area contributed by atoms with E-state index in [2.05, 4.69) is 15.3 Å². The first-order chi connectivity index (χ1) is 18.9. The van der Waals surface area contributed by atoms with E-state index in [1.54, 1.807) is 18.2 Å². The molecular weight excluding hydrogens is 547 g/mol. The Labute approximate surface area is 234 Å². The molecule has 0 aliphatic carbocycles. The van der Waals surface area contributed by atoms with E-state index in [1.807, 2.05) is 17.9 Å². The molecule has 2 aromatic carbocycles. The van der Waals surface area contributed by atoms with E-state index in [0.717, 1.165) is 5.56 Å². The predicted octanol–water partition coefficient (Wildman–Crippen LogP) is 5.40. The fraction of sp³-hybridized carbons (Fsp3) is 0.393. The molecule has 0 bridgehead atoms. The largest absolute Gasteiger partial charge is 0.480 e. The Hall–Kier alpha value is -3.57. The number of carbonyl (C=O) groups is 1. The van der Waals surface area contributed by atoms with Gasteiger partial charge in [-0.3, -0.25) is 4.79 Å². The molecule has 4 N–H and O–H groups in total. The van der Waals surface area contributed by atoms with E-state index in [0.29, 0.717) is 60.9 Å². The van der Waals surface area contributed by atoms with Gasteiger partial charge in [0.1, 0.15) is 11.9 Å². The lowest BCUT2D eigenvalue weighted by atomic mass is 9.76. The molecule has 0 amide bonds. The highest BCUT2D eigenvalue weighted by Crippen LogP contribution is 2.43. The third-order valence-electron chi connectivity index (χ3n) is 7.68. The number of hydrogen-bond donors (Lipinski definition) is 3. The highest BCUT2D eigenvalue weighted by molar-refractivity contribution is 6.30. The number of aliphatic carboxylic acids is 1. The molecule has 1 aromatic heterocycles. The normalized spacial score (nSPS) is 19.5. The van der Waals surface area contributed by atoms with Crippen LogP contribution in [0.3, 0.4) is 0 Å². The van der Waals surface area contributed by atoms with Crippen molar-refractivity contribution in [3.8, 4) is 17.0 Å². The number of hydrogen-bond acceptors (Lipinski definition) is 7. The Morgan fingerprint density at radius 1 is 1.20 bits per heavy atom. The molecule has 2 fully saturated rings. The summed E-state index contributed by atoms with van der Waals surface area (Å²) in [5, 5.41) is 12.7. The lowest BCUT2D eigenvalue weighted by Crippen LogP contribution is -2.41. The number of alkyl halides is 3. The summed E-state index contributed by atoms with van der Waals surface area (Å²) in [6, 6.07) is 12.1. The van der Waals surface area contributed by atoms with Crippen LogP contribution in [-0.2, 0) is 4.79 Å². The molecule has 0 saturated carbocycles. The van der Waals surface area contributed by atoms with Gasteiger partial charge < -0.3 is 25.8 Å². The van der Waals surface area contributed by atoms with Crippen molar-refractivity contribution in [1.82, 2.24) is 15.3 Å². The highest BCUT2D eigenvalue weighted by Gasteiger charge is 2.46. The van der Waals surface area contributed by atoms with Crippen molar-refractivity contribution in [2.45, 2.75) is 44.5 Å². The number of aromatic nitrogens is 2. The van der Waals surface area contributed by atoms with Crippen molar-refractivity contribution < 1.29 is 27.8 Å². The zero-order valence-corrected chi connectivity index (χ0v) is 22.5. The Bertz CT molecular complexity index is 1410. The number of halogens is 4. The van der Waals surface area contributed by atoms with Crippen molar-refractivity contribution in [3.63, 3.8) is 0 Å². The summed E-state index contributed by atoms with van der Waals surface area (Å²) >= 11 is 6.18. The van der Waals surface area contributed by atoms with Crippen LogP contribution in [-0.4, -0.2) is 52.9 Å². The molecule has 12 heteroatoms. The lowest BCUT2D eigenvalue weighted by Gasteiger charge is -2.39. The number of carboxylic acid groups (broad SMARTS) is 1. The molecule has 8 nitrogen and oxygen atoms in total. The quantitative estimate of drug-likeness (QED) is 0.358. The van der Waals surface area contributed by atoms with Crippen LogP contribution in [0.1, 0.15) is 36.5 Å². The Kier molecular flexibility index (Phi) is 7.54. The number of anilines is 2. The van der Waals surface area contributed by atoms with Gasteiger partial charge in [-0.1, -0.05) is 47.5 Å². The van der Waals surface area contributed by atoms with Crippen molar-refractivity contribution in [3.05, 3.63) is 64.7 Å². The number of piperidine rings is 1. The summed E-state index contributed by atoms with van der Waals surface area (Å²) < 4.78 is 49.0. The first kappa shape index (κ1) is 28.0. The molecule has 3 heterocycles. The molecule has 0 radical (unpaired) electrons. The first-order valence-electron chi connectivity index (χ1n) is 12.9. The smallest absolute Gasteiger partial charge is 0.429 e. The van der Waals surface area contributed by atoms with Crippen LogP contribution in [0.15, 0.2) is 48.5 Å². The summed E-state index contributed by atoms with van der Waals surface area (Å²) in [4.78, 5) is 21.5. The molecule has 2 atom stereocenters. The standard InChI is InChI=1S/C28H29ClF3N5O3/c1-16-3-2-4-17(11-16)20-12-18(29)5-6-19(20)24(28(30,31)32)40-23-13-22(35-26(33)36-23)37-9-7-27(8-10-37)14-21(25(38)39)34-15-27/h2-6,11-13,21,24,34H,7-10,14-15H2,1H3,(H,38,39)(H2,33,35,36)/t21-,24?/m0/s1. The molecule has 3 aromatic rings. The van der Waals surface area contributed by atoms with E-state index in [4.69, 9.17) is 22.1 Å². The van der Waals surface area contributed by atoms with Gasteiger partial charge in [0.05, 0.1) is 0 Å². The SMILES string of the molecule is Cc1cccc(-c2cc(Cl)ccc2C(Oc2cc(N3CCC4(CC3)CN[C@H](C(=O)O)C4)nc(N)n2)C(F)(F)F)c1. The van der Waals surface area contributed by atoms with Crippen LogP contribution in [0.25, 0.3) is 11.1 Å². The maximum atomic E-state index is 14.5. The summed E-state index contributed by atoms with van der Waals surface area (Å²) in [6.07, 6.45) is -5.17. The average molecular weight is 576 g/mol. The van der Waals surface area contributed by atoms with E-state index in [-0.39, 0.29) is 22.8 Å². The van der Waals surface area contributed by atoms with E-state index in [9.17, 15) is 23.1 Å². The molecule has 1 unspecified atom stereocenters. The molecular formula is C28H29ClF3N5O3. The first-order valence-corrected chi connectivity index (χ1v) is 13.3. The van der Waals surface area contributed by atoms with Gasteiger partial charge >= 0.3 is 12.1 Å². The Morgan fingerprint density at radius 3 is 2.60 bits per heavy atom. The second-order valence-electron chi connectivity index (χ2n) is 10.5. The van der Waals surface area contributed by atoms with Crippen LogP contribution in [0.5, 0.6) is 5.88 Å². The second kappa shape index (κ2) is 10.8. The number of nitrogens with one attached hydrogen (secondary N) is 1. The van der Waals surface area contributed by atoms with Gasteiger partial charge in [-0.25, -0.2) is 0 Å². The van der Waals surface area contributed by atoms with Gasteiger partial charge in [-0.2, -0.15) is 23.1 Å². The number of aryl methyl sites for hydroxylation is 1. The van der Waals surface area contributed by atoms with E-state index < -0.39 is 24.3 Å². The summed E-state index contributed by atoms with van der Waals surface area (Å²) in [5.74, 6) is -1.02. The van der Waals surface area contributed by atoms with Gasteiger partial charge in [0.15, 0.2) is 0 Å². The summed E-state index contributed by atoms with van der Waals surface area (Å²) in [6.45, 7) is 3.55. The number of nitrogens with two attached hydrogens (primary N) is 1. The predicted molar refractivity (Wildman–Crippen MR) is 145 cm³/mol. The number of ether oxygens (including phenoxy) is 1. The molecule has 2 aliphatic heterocycles. The third-order valence-corrected chi connectivity index (χ3v) is 7.91. The summed E-state index contributed by atoms with van der Waals surface area (Å²) in [5.41, 5.74) is 7.42. The fourth-order valence-corrected chi connectivity index (χ4v) is 5.75. The van der Waals surface area contributed by atoms with E-state index >= 15 is 0 Å². The van der Waals surface area contributed by atoms with Gasteiger partial charge in [0.25, 0.3) is 0 Å². The molecule has 1 spiro atoms. The van der Waals surface area contributed by atoms with Crippen LogP contribution < -0.4 is 20.7 Å². The van der Waals surface area contributed by atoms with Gasteiger partial charge in [-0.15, -0.1) is 0 Å². The van der Waals surface area contributed by atoms with Crippen molar-refractivity contribution in [1.29, 1.82) is 0 Å². The van der Waals surface area contributed by atoms with Crippen LogP contribution in [0, 0.1) is 12.3 Å². The number of nitrogen functional groups attached to an aromatic ring is 1. The zero-order valence-electron chi connectivity index (χ0n) is 21.7. The second-order valence-corrected chi connectivity index (χ2v) is 11.0. The minimum atomic E-state index is -4.78. The van der Waals surface area contributed by atoms with Crippen LogP contribution in [0.2, 0.25) is 5.02 Å². The number of rotatable bonds is 6. The molecule has 2 saturated heterocycles. The third kappa shape index (κ3) is 5.95. The highest BCUT2D eigenvalue weighted by atomic mass is 35.5. The van der Waals surface area contributed by atoms with Gasteiger partial charge in [0.2, 0.25) is 17.9 Å². The maximum Gasteiger partial charge on any atom is 0.429 e. The number of carboxylic acids is 1. The monoisotopic (exact) mass is 575 g/mol. The minimum absolute atomic E-state index is 0.108. The average Bonchev–Trinajstić information content (AvgIpc) is 3.31. The Morgan fingerprint density at radius 2 is 1.95 bits per heavy atom. The molecule has 212 valence electrons. The maximum absolute atomic E-state index is 14.5. The van der Waals surface area contributed by atoms with Gasteiger partial charge in [0, 0.05) is 36.3 Å². The number of benzene rings is 2.